The van der Waals surface area contributed by atoms with Gasteiger partial charge >= 0.3 is 5.69 Å². The topological polar surface area (TPSA) is 132 Å². The third kappa shape index (κ3) is 3.46. The van der Waals surface area contributed by atoms with Crippen LogP contribution in [0.3, 0.4) is 0 Å². The fourth-order valence-electron chi connectivity index (χ4n) is 3.73. The molecule has 30 heavy (non-hydrogen) atoms. The summed E-state index contributed by atoms with van der Waals surface area (Å²) in [5.41, 5.74) is 2.53. The molecule has 3 heterocycles. The Hall–Kier alpha value is -3.52. The van der Waals surface area contributed by atoms with Crippen molar-refractivity contribution in [3.63, 3.8) is 0 Å². The Morgan fingerprint density at radius 2 is 2.13 bits per heavy atom. The average molecular weight is 425 g/mol. The Balaban J connectivity index is 1.52. The third-order valence-electron chi connectivity index (χ3n) is 5.19. The van der Waals surface area contributed by atoms with Crippen LogP contribution in [0.2, 0.25) is 0 Å². The first kappa shape index (κ1) is 19.8. The largest absolute Gasteiger partial charge is 0.312 e. The molecule has 10 nitrogen and oxygen atoms in total. The van der Waals surface area contributed by atoms with Gasteiger partial charge in [0.2, 0.25) is 0 Å². The number of nitro groups is 1. The number of hydrogen-bond acceptors (Lipinski definition) is 7. The van der Waals surface area contributed by atoms with Crippen molar-refractivity contribution < 1.29 is 9.72 Å². The van der Waals surface area contributed by atoms with Gasteiger partial charge in [-0.2, -0.15) is 15.5 Å². The van der Waals surface area contributed by atoms with E-state index < -0.39 is 10.8 Å². The van der Waals surface area contributed by atoms with Crippen LogP contribution in [0, 0.1) is 35.3 Å². The molecule has 1 aliphatic carbocycles. The van der Waals surface area contributed by atoms with Crippen LogP contribution in [-0.4, -0.2) is 30.4 Å². The first-order valence-electron chi connectivity index (χ1n) is 9.47. The van der Waals surface area contributed by atoms with Crippen molar-refractivity contribution in [2.45, 2.75) is 46.2 Å². The van der Waals surface area contributed by atoms with Crippen LogP contribution in [-0.2, 0) is 19.5 Å². The molecular formula is C19H19N7O3S. The minimum Gasteiger partial charge on any atom is -0.311 e. The lowest BCUT2D eigenvalue weighted by atomic mass is 9.96. The summed E-state index contributed by atoms with van der Waals surface area (Å²) in [7, 11) is 0. The molecular weight excluding hydrogens is 406 g/mol. The Morgan fingerprint density at radius 3 is 2.83 bits per heavy atom. The van der Waals surface area contributed by atoms with Crippen molar-refractivity contribution in [2.24, 2.45) is 0 Å². The summed E-state index contributed by atoms with van der Waals surface area (Å²) in [4.78, 5) is 24.5. The SMILES string of the molecule is Cc1nn(Cn2ccc(C(=O)Nc3sc4c(c3C#N)CCCC4)n2)c(C)c1[N+](=O)[O-]. The predicted octanol–water partition coefficient (Wildman–Crippen LogP) is 3.17. The number of carbonyl (C=O) groups excluding carboxylic acids is 1. The van der Waals surface area contributed by atoms with Crippen molar-refractivity contribution in [3.05, 3.63) is 55.5 Å². The molecule has 0 fully saturated rings. The molecule has 1 aliphatic rings. The zero-order valence-corrected chi connectivity index (χ0v) is 17.3. The fraction of sp³-hybridized carbons (Fsp3) is 0.368. The molecule has 3 aromatic rings. The highest BCUT2D eigenvalue weighted by Gasteiger charge is 2.24. The van der Waals surface area contributed by atoms with Crippen LogP contribution in [0.4, 0.5) is 10.7 Å². The van der Waals surface area contributed by atoms with Gasteiger partial charge in [0.1, 0.15) is 29.1 Å². The maximum absolute atomic E-state index is 12.7. The molecule has 1 N–H and O–H groups in total. The summed E-state index contributed by atoms with van der Waals surface area (Å²) < 4.78 is 2.96. The molecule has 4 rings (SSSR count). The highest BCUT2D eigenvalue weighted by molar-refractivity contribution is 7.16. The number of nitriles is 1. The molecule has 154 valence electrons. The summed E-state index contributed by atoms with van der Waals surface area (Å²) in [6.45, 7) is 3.35. The maximum Gasteiger partial charge on any atom is 0.312 e. The number of nitrogens with one attached hydrogen (secondary N) is 1. The van der Waals surface area contributed by atoms with Gasteiger partial charge in [0.15, 0.2) is 5.69 Å². The zero-order valence-electron chi connectivity index (χ0n) is 16.5. The summed E-state index contributed by atoms with van der Waals surface area (Å²) in [6.07, 6.45) is 5.57. The van der Waals surface area contributed by atoms with Gasteiger partial charge in [0.25, 0.3) is 5.91 Å². The summed E-state index contributed by atoms with van der Waals surface area (Å²) >= 11 is 1.46. The normalized spacial score (nSPS) is 13.0. The first-order valence-corrected chi connectivity index (χ1v) is 10.3. The lowest BCUT2D eigenvalue weighted by Gasteiger charge is -2.09. The van der Waals surface area contributed by atoms with Crippen LogP contribution >= 0.6 is 11.3 Å². The second-order valence-corrected chi connectivity index (χ2v) is 8.24. The van der Waals surface area contributed by atoms with E-state index in [9.17, 15) is 20.2 Å². The number of fused-ring (bicyclic) bond motifs is 1. The highest BCUT2D eigenvalue weighted by Crippen LogP contribution is 2.37. The maximum atomic E-state index is 12.7. The van der Waals surface area contributed by atoms with Crippen LogP contribution in [0.1, 0.15) is 50.7 Å². The van der Waals surface area contributed by atoms with E-state index in [1.54, 1.807) is 26.1 Å². The molecule has 0 spiro atoms. The van der Waals surface area contributed by atoms with E-state index in [0.717, 1.165) is 31.2 Å². The summed E-state index contributed by atoms with van der Waals surface area (Å²) in [6, 6.07) is 3.79. The molecule has 0 unspecified atom stereocenters. The van der Waals surface area contributed by atoms with E-state index in [0.29, 0.717) is 22.0 Å². The number of hydrogen-bond donors (Lipinski definition) is 1. The van der Waals surface area contributed by atoms with Crippen LogP contribution in [0.15, 0.2) is 12.3 Å². The van der Waals surface area contributed by atoms with Gasteiger partial charge in [-0.3, -0.25) is 19.6 Å². The molecule has 3 aromatic heterocycles. The summed E-state index contributed by atoms with van der Waals surface area (Å²) in [5.74, 6) is -0.400. The highest BCUT2D eigenvalue weighted by atomic mass is 32.1. The van der Waals surface area contributed by atoms with Crippen LogP contribution in [0.25, 0.3) is 0 Å². The van der Waals surface area contributed by atoms with Gasteiger partial charge in [-0.1, -0.05) is 0 Å². The lowest BCUT2D eigenvalue weighted by Crippen LogP contribution is -2.15. The van der Waals surface area contributed by atoms with Crippen LogP contribution < -0.4 is 5.32 Å². The van der Waals surface area contributed by atoms with E-state index >= 15 is 0 Å². The second-order valence-electron chi connectivity index (χ2n) is 7.14. The van der Waals surface area contributed by atoms with Gasteiger partial charge in [-0.25, -0.2) is 4.68 Å². The van der Waals surface area contributed by atoms with Gasteiger partial charge < -0.3 is 5.32 Å². The predicted molar refractivity (Wildman–Crippen MR) is 110 cm³/mol. The standard InChI is InChI=1S/C19H19N7O3S/c1-11-17(26(28)29)12(2)25(22-11)10-24-8-7-15(23-24)18(27)21-19-14(9-20)13-5-3-4-6-16(13)30-19/h7-8H,3-6,10H2,1-2H3,(H,21,27). The number of amides is 1. The van der Waals surface area contributed by atoms with Gasteiger partial charge in [-0.15, -0.1) is 11.3 Å². The van der Waals surface area contributed by atoms with Gasteiger partial charge in [0.05, 0.1) is 10.5 Å². The van der Waals surface area contributed by atoms with E-state index in [-0.39, 0.29) is 18.1 Å². The number of nitrogens with zero attached hydrogens (tertiary/aromatic N) is 6. The molecule has 0 aliphatic heterocycles. The van der Waals surface area contributed by atoms with Gasteiger partial charge in [0, 0.05) is 11.1 Å². The monoisotopic (exact) mass is 425 g/mol. The smallest absolute Gasteiger partial charge is 0.311 e. The molecule has 0 bridgehead atoms. The number of aryl methyl sites for hydroxylation is 2. The van der Waals surface area contributed by atoms with Crippen LogP contribution in [0.5, 0.6) is 0 Å². The number of rotatable bonds is 5. The van der Waals surface area contributed by atoms with Gasteiger partial charge in [-0.05, 0) is 51.2 Å². The van der Waals surface area contributed by atoms with Crippen molar-refractivity contribution in [1.82, 2.24) is 19.6 Å². The molecule has 0 saturated heterocycles. The quantitative estimate of drug-likeness (QED) is 0.493. The van der Waals surface area contributed by atoms with Crippen molar-refractivity contribution in [1.29, 1.82) is 5.26 Å². The Labute approximate surface area is 175 Å². The number of anilines is 1. The zero-order chi connectivity index (χ0) is 21.4. The molecule has 0 saturated carbocycles. The Kier molecular flexibility index (Phi) is 5.09. The molecule has 11 heteroatoms. The van der Waals surface area contributed by atoms with Crippen molar-refractivity contribution in [2.75, 3.05) is 5.32 Å². The van der Waals surface area contributed by atoms with Crippen molar-refractivity contribution >= 4 is 27.9 Å². The number of carbonyl (C=O) groups is 1. The molecule has 0 aromatic carbocycles. The third-order valence-corrected chi connectivity index (χ3v) is 6.40. The van der Waals surface area contributed by atoms with E-state index in [1.165, 1.54) is 25.6 Å². The summed E-state index contributed by atoms with van der Waals surface area (Å²) in [5, 5.41) is 32.5. The molecule has 0 atom stereocenters. The fourth-order valence-corrected chi connectivity index (χ4v) is 4.96. The minimum absolute atomic E-state index is 0.0224. The average Bonchev–Trinajstić information content (AvgIpc) is 3.37. The number of aromatic nitrogens is 4. The lowest BCUT2D eigenvalue weighted by molar-refractivity contribution is -0.386. The minimum atomic E-state index is -0.455. The van der Waals surface area contributed by atoms with Crippen molar-refractivity contribution in [3.8, 4) is 6.07 Å². The van der Waals surface area contributed by atoms with E-state index in [4.69, 9.17) is 0 Å². The van der Waals surface area contributed by atoms with E-state index in [1.807, 2.05) is 0 Å². The Morgan fingerprint density at radius 1 is 1.37 bits per heavy atom. The first-order chi connectivity index (χ1) is 14.4. The molecule has 0 radical (unpaired) electrons. The van der Waals surface area contributed by atoms with E-state index in [2.05, 4.69) is 21.6 Å². The number of thiophene rings is 1. The second kappa shape index (κ2) is 7.72. The molecule has 1 amide bonds. The Bertz CT molecular complexity index is 1200.